The van der Waals surface area contributed by atoms with Crippen LogP contribution in [0.2, 0.25) is 0 Å². The van der Waals surface area contributed by atoms with E-state index in [2.05, 4.69) is 50.1 Å². The number of aliphatic imine (C=N–C) groups is 1. The number of hydrogen-bond acceptors (Lipinski definition) is 2. The van der Waals surface area contributed by atoms with Gasteiger partial charge in [0, 0.05) is 19.6 Å². The van der Waals surface area contributed by atoms with Crippen molar-refractivity contribution < 1.29 is 0 Å². The molecule has 0 aliphatic rings. The summed E-state index contributed by atoms with van der Waals surface area (Å²) in [6.45, 7) is 9.26. The predicted molar refractivity (Wildman–Crippen MR) is 71.7 cm³/mol. The van der Waals surface area contributed by atoms with E-state index in [0.29, 0.717) is 5.96 Å². The van der Waals surface area contributed by atoms with Gasteiger partial charge in [-0.25, -0.2) is 0 Å². The highest BCUT2D eigenvalue weighted by Gasteiger charge is 2.18. The minimum atomic E-state index is 0.167. The summed E-state index contributed by atoms with van der Waals surface area (Å²) in [5, 5.41) is 3.12. The van der Waals surface area contributed by atoms with Gasteiger partial charge < -0.3 is 16.0 Å². The number of unbranched alkanes of at least 4 members (excludes halogenated alkanes) is 1. The third-order valence-corrected chi connectivity index (χ3v) is 2.26. The van der Waals surface area contributed by atoms with E-state index in [1.54, 1.807) is 0 Å². The lowest BCUT2D eigenvalue weighted by Crippen LogP contribution is -2.36. The average molecular weight is 228 g/mol. The van der Waals surface area contributed by atoms with Crippen LogP contribution < -0.4 is 11.1 Å². The lowest BCUT2D eigenvalue weighted by atomic mass is 9.93. The highest BCUT2D eigenvalue weighted by Crippen LogP contribution is 2.15. The van der Waals surface area contributed by atoms with Gasteiger partial charge in [0.2, 0.25) is 0 Å². The summed E-state index contributed by atoms with van der Waals surface area (Å²) in [6, 6.07) is 0. The fourth-order valence-corrected chi connectivity index (χ4v) is 1.65. The molecule has 0 spiro atoms. The molecule has 0 heterocycles. The van der Waals surface area contributed by atoms with E-state index in [0.717, 1.165) is 26.1 Å². The van der Waals surface area contributed by atoms with Crippen molar-refractivity contribution in [1.29, 1.82) is 0 Å². The van der Waals surface area contributed by atoms with E-state index in [1.165, 1.54) is 6.42 Å². The molecule has 0 radical (unpaired) electrons. The molecule has 0 aliphatic carbocycles. The Hall–Kier alpha value is -0.770. The lowest BCUT2D eigenvalue weighted by Gasteiger charge is -2.26. The Morgan fingerprint density at radius 1 is 1.38 bits per heavy atom. The number of nitrogens with one attached hydrogen (secondary N) is 1. The Morgan fingerprint density at radius 3 is 2.50 bits per heavy atom. The Bertz CT molecular complexity index is 209. The normalized spacial score (nSPS) is 13.2. The molecule has 0 saturated heterocycles. The van der Waals surface area contributed by atoms with Crippen molar-refractivity contribution in [2.75, 3.05) is 33.7 Å². The van der Waals surface area contributed by atoms with E-state index in [1.807, 2.05) is 0 Å². The molecule has 0 bridgehead atoms. The van der Waals surface area contributed by atoms with Gasteiger partial charge in [0.05, 0.1) is 0 Å². The van der Waals surface area contributed by atoms with Gasteiger partial charge in [0.1, 0.15) is 0 Å². The summed E-state index contributed by atoms with van der Waals surface area (Å²) < 4.78 is 0. The summed E-state index contributed by atoms with van der Waals surface area (Å²) >= 11 is 0. The molecule has 0 amide bonds. The molecule has 0 rings (SSSR count). The lowest BCUT2D eigenvalue weighted by molar-refractivity contribution is 0.249. The van der Waals surface area contributed by atoms with Crippen molar-refractivity contribution in [2.24, 2.45) is 16.1 Å². The zero-order valence-corrected chi connectivity index (χ0v) is 11.5. The first-order valence-electron chi connectivity index (χ1n) is 6.06. The van der Waals surface area contributed by atoms with Crippen molar-refractivity contribution in [1.82, 2.24) is 10.2 Å². The van der Waals surface area contributed by atoms with Gasteiger partial charge in [0.15, 0.2) is 5.96 Å². The van der Waals surface area contributed by atoms with E-state index in [-0.39, 0.29) is 5.41 Å². The van der Waals surface area contributed by atoms with Gasteiger partial charge in [-0.1, -0.05) is 27.2 Å². The predicted octanol–water partition coefficient (Wildman–Crippen LogP) is 1.28. The van der Waals surface area contributed by atoms with Gasteiger partial charge in [-0.2, -0.15) is 0 Å². The van der Waals surface area contributed by atoms with E-state index in [4.69, 9.17) is 5.73 Å². The van der Waals surface area contributed by atoms with E-state index in [9.17, 15) is 0 Å². The largest absolute Gasteiger partial charge is 0.370 e. The smallest absolute Gasteiger partial charge is 0.188 e. The average Bonchev–Trinajstić information content (AvgIpc) is 2.13. The van der Waals surface area contributed by atoms with Crippen molar-refractivity contribution in [3.05, 3.63) is 0 Å². The Labute approximate surface area is 100 Å². The van der Waals surface area contributed by atoms with Crippen LogP contribution in [-0.4, -0.2) is 44.6 Å². The molecule has 0 atom stereocenters. The Kier molecular flexibility index (Phi) is 7.13. The van der Waals surface area contributed by atoms with Crippen LogP contribution in [0.15, 0.2) is 4.99 Å². The maximum Gasteiger partial charge on any atom is 0.188 e. The van der Waals surface area contributed by atoms with Crippen molar-refractivity contribution in [3.63, 3.8) is 0 Å². The second-order valence-electron chi connectivity index (χ2n) is 5.38. The van der Waals surface area contributed by atoms with Crippen LogP contribution in [-0.2, 0) is 0 Å². The number of nitrogens with zero attached hydrogens (tertiary/aromatic N) is 2. The first-order valence-corrected chi connectivity index (χ1v) is 6.06. The fourth-order valence-electron chi connectivity index (χ4n) is 1.65. The SMILES string of the molecule is CCCCNC(N)=NCC(C)(C)CN(C)C. The second kappa shape index (κ2) is 7.49. The summed E-state index contributed by atoms with van der Waals surface area (Å²) in [6.07, 6.45) is 2.31. The standard InChI is InChI=1S/C12H28N4/c1-6-7-8-14-11(13)15-9-12(2,3)10-16(4)5/h6-10H2,1-5H3,(H3,13,14,15). The van der Waals surface area contributed by atoms with Crippen LogP contribution >= 0.6 is 0 Å². The van der Waals surface area contributed by atoms with Gasteiger partial charge in [-0.15, -0.1) is 0 Å². The third kappa shape index (κ3) is 8.53. The minimum Gasteiger partial charge on any atom is -0.370 e. The topological polar surface area (TPSA) is 53.6 Å². The molecule has 0 aromatic rings. The molecule has 16 heavy (non-hydrogen) atoms. The number of rotatable bonds is 7. The van der Waals surface area contributed by atoms with Crippen LogP contribution in [0.1, 0.15) is 33.6 Å². The first kappa shape index (κ1) is 15.2. The van der Waals surface area contributed by atoms with E-state index >= 15 is 0 Å². The minimum absolute atomic E-state index is 0.167. The molecular weight excluding hydrogens is 200 g/mol. The molecule has 0 saturated carbocycles. The molecule has 0 aliphatic heterocycles. The number of guanidine groups is 1. The van der Waals surface area contributed by atoms with Crippen LogP contribution in [0.25, 0.3) is 0 Å². The summed E-state index contributed by atoms with van der Waals surface area (Å²) in [5.74, 6) is 0.570. The van der Waals surface area contributed by atoms with Crippen LogP contribution in [0.4, 0.5) is 0 Å². The second-order valence-corrected chi connectivity index (χ2v) is 5.38. The first-order chi connectivity index (χ1) is 7.37. The fraction of sp³-hybridized carbons (Fsp3) is 0.917. The quantitative estimate of drug-likeness (QED) is 0.392. The summed E-state index contributed by atoms with van der Waals surface area (Å²) in [7, 11) is 4.16. The molecule has 0 aromatic heterocycles. The molecule has 0 fully saturated rings. The summed E-state index contributed by atoms with van der Waals surface area (Å²) in [5.41, 5.74) is 5.94. The van der Waals surface area contributed by atoms with Gasteiger partial charge in [0.25, 0.3) is 0 Å². The highest BCUT2D eigenvalue weighted by molar-refractivity contribution is 5.77. The highest BCUT2D eigenvalue weighted by atomic mass is 15.1. The van der Waals surface area contributed by atoms with Crippen LogP contribution in [0.5, 0.6) is 0 Å². The van der Waals surface area contributed by atoms with E-state index < -0.39 is 0 Å². The molecule has 3 N–H and O–H groups in total. The number of hydrogen-bond donors (Lipinski definition) is 2. The van der Waals surface area contributed by atoms with Crippen LogP contribution in [0, 0.1) is 5.41 Å². The monoisotopic (exact) mass is 228 g/mol. The zero-order chi connectivity index (χ0) is 12.6. The van der Waals surface area contributed by atoms with Gasteiger partial charge in [-0.3, -0.25) is 4.99 Å². The summed E-state index contributed by atoms with van der Waals surface area (Å²) in [4.78, 5) is 6.55. The maximum absolute atomic E-state index is 5.78. The Morgan fingerprint density at radius 2 is 2.00 bits per heavy atom. The molecule has 0 unspecified atom stereocenters. The molecule has 4 nitrogen and oxygen atoms in total. The van der Waals surface area contributed by atoms with Crippen molar-refractivity contribution in [3.8, 4) is 0 Å². The molecule has 96 valence electrons. The van der Waals surface area contributed by atoms with Gasteiger partial charge in [-0.05, 0) is 25.9 Å². The third-order valence-electron chi connectivity index (χ3n) is 2.26. The van der Waals surface area contributed by atoms with Crippen LogP contribution in [0.3, 0.4) is 0 Å². The zero-order valence-electron chi connectivity index (χ0n) is 11.5. The Balaban J connectivity index is 3.94. The molecule has 4 heteroatoms. The molecule has 0 aromatic carbocycles. The van der Waals surface area contributed by atoms with Crippen molar-refractivity contribution in [2.45, 2.75) is 33.6 Å². The van der Waals surface area contributed by atoms with Crippen molar-refractivity contribution >= 4 is 5.96 Å². The molecular formula is C12H28N4. The van der Waals surface area contributed by atoms with Gasteiger partial charge >= 0.3 is 0 Å². The maximum atomic E-state index is 5.78. The number of nitrogens with two attached hydrogens (primary N) is 1.